The molecule has 0 radical (unpaired) electrons. The first-order valence-electron chi connectivity index (χ1n) is 14.4. The number of amides is 1. The van der Waals surface area contributed by atoms with Crippen LogP contribution in [0.3, 0.4) is 0 Å². The van der Waals surface area contributed by atoms with E-state index >= 15 is 0 Å². The molecule has 0 bridgehead atoms. The molecule has 4 N–H and O–H groups in total. The Kier molecular flexibility index (Phi) is 12.4. The van der Waals surface area contributed by atoms with E-state index in [4.69, 9.17) is 9.47 Å². The highest BCUT2D eigenvalue weighted by molar-refractivity contribution is 5.92. The van der Waals surface area contributed by atoms with Crippen molar-refractivity contribution in [2.24, 2.45) is 0 Å². The normalized spacial score (nSPS) is 16.1. The summed E-state index contributed by atoms with van der Waals surface area (Å²) in [6.45, 7) is 2.25. The van der Waals surface area contributed by atoms with Gasteiger partial charge in [-0.1, -0.05) is 71.1 Å². The number of rotatable bonds is 19. The fraction of sp³-hybridized carbons (Fsp3) is 0.548. The van der Waals surface area contributed by atoms with E-state index in [2.05, 4.69) is 12.2 Å². The molecular weight excluding hydrogens is 498 g/mol. The maximum Gasteiger partial charge on any atom is 0.335 e. The van der Waals surface area contributed by atoms with E-state index in [1.54, 1.807) is 0 Å². The van der Waals surface area contributed by atoms with Gasteiger partial charge in [-0.15, -0.1) is 0 Å². The van der Waals surface area contributed by atoms with Crippen LogP contribution in [-0.2, 0) is 9.53 Å². The maximum atomic E-state index is 12.6. The van der Waals surface area contributed by atoms with Gasteiger partial charge < -0.3 is 30.1 Å². The van der Waals surface area contributed by atoms with Crippen LogP contribution in [0.25, 0.3) is 0 Å². The minimum atomic E-state index is -1.21. The predicted molar refractivity (Wildman–Crippen MR) is 151 cm³/mol. The second kappa shape index (κ2) is 16.0. The SMILES string of the molecule is CCCCCCCCCCCC1OC1CCCCC(=O)Nc1cc(O)ccc1Oc1cc(O)cc(C(=O)O)c1. The van der Waals surface area contributed by atoms with Gasteiger partial charge in [0.25, 0.3) is 0 Å². The fourth-order valence-corrected chi connectivity index (χ4v) is 4.78. The molecule has 214 valence electrons. The quantitative estimate of drug-likeness (QED) is 0.106. The summed E-state index contributed by atoms with van der Waals surface area (Å²) >= 11 is 0. The molecule has 3 rings (SSSR count). The minimum Gasteiger partial charge on any atom is -0.508 e. The number of anilines is 1. The third-order valence-corrected chi connectivity index (χ3v) is 7.03. The molecule has 2 unspecified atom stereocenters. The summed E-state index contributed by atoms with van der Waals surface area (Å²) in [5, 5.41) is 31.6. The zero-order chi connectivity index (χ0) is 28.0. The average molecular weight is 542 g/mol. The molecule has 0 aromatic heterocycles. The predicted octanol–water partition coefficient (Wildman–Crippen LogP) is 7.78. The summed E-state index contributed by atoms with van der Waals surface area (Å²) in [5.74, 6) is -1.42. The van der Waals surface area contributed by atoms with Crippen LogP contribution in [0.4, 0.5) is 5.69 Å². The lowest BCUT2D eigenvalue weighted by molar-refractivity contribution is -0.116. The highest BCUT2D eigenvalue weighted by atomic mass is 16.6. The number of aromatic hydroxyl groups is 2. The number of ether oxygens (including phenoxy) is 2. The Morgan fingerprint density at radius 3 is 2.13 bits per heavy atom. The van der Waals surface area contributed by atoms with Crippen LogP contribution < -0.4 is 10.1 Å². The lowest BCUT2D eigenvalue weighted by atomic mass is 10.0. The lowest BCUT2D eigenvalue weighted by Gasteiger charge is -2.13. The summed E-state index contributed by atoms with van der Waals surface area (Å²) in [4.78, 5) is 23.8. The third-order valence-electron chi connectivity index (χ3n) is 7.03. The number of nitrogens with one attached hydrogen (secondary N) is 1. The first-order valence-corrected chi connectivity index (χ1v) is 14.4. The van der Waals surface area contributed by atoms with Gasteiger partial charge in [0.1, 0.15) is 17.2 Å². The number of hydrogen-bond donors (Lipinski definition) is 4. The van der Waals surface area contributed by atoms with Gasteiger partial charge in [-0.05, 0) is 43.5 Å². The van der Waals surface area contributed by atoms with Gasteiger partial charge in [-0.2, -0.15) is 0 Å². The van der Waals surface area contributed by atoms with Gasteiger partial charge in [0.2, 0.25) is 5.91 Å². The van der Waals surface area contributed by atoms with Crippen LogP contribution in [0.2, 0.25) is 0 Å². The molecule has 1 aliphatic rings. The van der Waals surface area contributed by atoms with Crippen molar-refractivity contribution >= 4 is 17.6 Å². The number of carbonyl (C=O) groups excluding carboxylic acids is 1. The van der Waals surface area contributed by atoms with Gasteiger partial charge in [-0.25, -0.2) is 4.79 Å². The van der Waals surface area contributed by atoms with Crippen molar-refractivity contribution in [3.05, 3.63) is 42.0 Å². The molecule has 2 aromatic rings. The Bertz CT molecular complexity index is 1070. The zero-order valence-corrected chi connectivity index (χ0v) is 23.0. The van der Waals surface area contributed by atoms with Crippen LogP contribution in [0.1, 0.15) is 107 Å². The van der Waals surface area contributed by atoms with Crippen molar-refractivity contribution < 1.29 is 34.4 Å². The molecule has 1 amide bonds. The molecule has 8 nitrogen and oxygen atoms in total. The number of carboxylic acid groups (broad SMARTS) is 1. The largest absolute Gasteiger partial charge is 0.508 e. The second-order valence-corrected chi connectivity index (χ2v) is 10.4. The summed E-state index contributed by atoms with van der Waals surface area (Å²) in [6.07, 6.45) is 16.7. The fourth-order valence-electron chi connectivity index (χ4n) is 4.78. The molecule has 2 atom stereocenters. The van der Waals surface area contributed by atoms with E-state index in [0.717, 1.165) is 31.7 Å². The number of carboxylic acids is 1. The summed E-state index contributed by atoms with van der Waals surface area (Å²) in [7, 11) is 0. The number of unbranched alkanes of at least 4 members (excludes halogenated alkanes) is 9. The highest BCUT2D eigenvalue weighted by Crippen LogP contribution is 2.35. The van der Waals surface area contributed by atoms with E-state index < -0.39 is 5.97 Å². The molecule has 0 spiro atoms. The number of phenols is 2. The van der Waals surface area contributed by atoms with Crippen LogP contribution in [0, 0.1) is 0 Å². The van der Waals surface area contributed by atoms with E-state index in [1.165, 1.54) is 88.1 Å². The molecule has 39 heavy (non-hydrogen) atoms. The maximum absolute atomic E-state index is 12.6. The number of hydrogen-bond acceptors (Lipinski definition) is 6. The summed E-state index contributed by atoms with van der Waals surface area (Å²) in [6, 6.07) is 7.88. The molecule has 2 aromatic carbocycles. The smallest absolute Gasteiger partial charge is 0.335 e. The van der Waals surface area contributed by atoms with Crippen LogP contribution in [-0.4, -0.2) is 39.4 Å². The topological polar surface area (TPSA) is 129 Å². The number of epoxide rings is 1. The van der Waals surface area contributed by atoms with Crippen molar-refractivity contribution in [1.29, 1.82) is 0 Å². The molecule has 0 saturated carbocycles. The van der Waals surface area contributed by atoms with Crippen molar-refractivity contribution in [3.63, 3.8) is 0 Å². The molecule has 1 aliphatic heterocycles. The summed E-state index contributed by atoms with van der Waals surface area (Å²) in [5.41, 5.74) is 0.121. The van der Waals surface area contributed by atoms with Gasteiger partial charge >= 0.3 is 5.97 Å². The molecular formula is C31H43NO7. The molecule has 0 aliphatic carbocycles. The zero-order valence-electron chi connectivity index (χ0n) is 23.0. The van der Waals surface area contributed by atoms with Gasteiger partial charge in [-0.3, -0.25) is 4.79 Å². The first kappa shape index (κ1) is 30.3. The summed E-state index contributed by atoms with van der Waals surface area (Å²) < 4.78 is 11.5. The standard InChI is InChI=1S/C31H43NO7/c1-2-3-4-5-6-7-8-9-10-13-28-29(39-28)14-11-12-15-30(35)32-26-21-23(33)16-17-27(26)38-25-19-22(31(36)37)18-24(34)20-25/h16-21,28-29,33-34H,2-15H2,1H3,(H,32,35)(H,36,37). The van der Waals surface area contributed by atoms with Gasteiger partial charge in [0, 0.05) is 18.6 Å². The average Bonchev–Trinajstić information content (AvgIpc) is 3.65. The molecule has 1 fully saturated rings. The lowest BCUT2D eigenvalue weighted by Crippen LogP contribution is -2.12. The number of carbonyl (C=O) groups is 2. The van der Waals surface area contributed by atoms with E-state index in [-0.39, 0.29) is 40.2 Å². The number of benzene rings is 2. The molecule has 8 heteroatoms. The second-order valence-electron chi connectivity index (χ2n) is 10.4. The first-order chi connectivity index (χ1) is 18.9. The van der Waals surface area contributed by atoms with Crippen molar-refractivity contribution in [1.82, 2.24) is 0 Å². The minimum absolute atomic E-state index is 0.0521. The number of phenolic OH excluding ortho intramolecular Hbond substituents is 2. The van der Waals surface area contributed by atoms with Gasteiger partial charge in [0.15, 0.2) is 5.75 Å². The van der Waals surface area contributed by atoms with Crippen molar-refractivity contribution in [2.75, 3.05) is 5.32 Å². The van der Waals surface area contributed by atoms with Crippen LogP contribution in [0.5, 0.6) is 23.0 Å². The Labute approximate surface area is 231 Å². The Balaban J connectivity index is 1.32. The van der Waals surface area contributed by atoms with Crippen LogP contribution in [0.15, 0.2) is 36.4 Å². The third kappa shape index (κ3) is 11.2. The Morgan fingerprint density at radius 1 is 0.821 bits per heavy atom. The monoisotopic (exact) mass is 541 g/mol. The Hall–Kier alpha value is -3.26. The van der Waals surface area contributed by atoms with Gasteiger partial charge in [0.05, 0.1) is 23.5 Å². The van der Waals surface area contributed by atoms with Crippen molar-refractivity contribution in [3.8, 4) is 23.0 Å². The van der Waals surface area contributed by atoms with E-state index in [0.29, 0.717) is 18.6 Å². The highest BCUT2D eigenvalue weighted by Gasteiger charge is 2.36. The van der Waals surface area contributed by atoms with E-state index in [9.17, 15) is 24.9 Å². The molecule has 1 saturated heterocycles. The van der Waals surface area contributed by atoms with Crippen molar-refractivity contribution in [2.45, 2.75) is 109 Å². The van der Waals surface area contributed by atoms with Crippen LogP contribution >= 0.6 is 0 Å². The Morgan fingerprint density at radius 2 is 1.46 bits per heavy atom. The number of aromatic carboxylic acids is 1. The molecule has 1 heterocycles. The van der Waals surface area contributed by atoms with E-state index in [1.807, 2.05) is 0 Å².